The summed E-state index contributed by atoms with van der Waals surface area (Å²) in [6.07, 6.45) is 0. The van der Waals surface area contributed by atoms with Gasteiger partial charge in [0.25, 0.3) is 0 Å². The van der Waals surface area contributed by atoms with Crippen LogP contribution in [-0.2, 0) is 0 Å². The molecule has 11 aromatic carbocycles. The number of rotatable bonds is 7. The van der Waals surface area contributed by atoms with Crippen molar-refractivity contribution in [1.29, 1.82) is 0 Å². The van der Waals surface area contributed by atoms with Gasteiger partial charge in [-0.1, -0.05) is 188 Å². The molecule has 0 spiro atoms. The third-order valence-electron chi connectivity index (χ3n) is 12.5. The largest absolute Gasteiger partial charge is 0.455 e. The van der Waals surface area contributed by atoms with Crippen LogP contribution in [0.15, 0.2) is 241 Å². The molecule has 0 bridgehead atoms. The highest BCUT2D eigenvalue weighted by molar-refractivity contribution is 6.19. The molecule has 1 aromatic heterocycles. The predicted octanol–water partition coefficient (Wildman–Crippen LogP) is 17.2. The summed E-state index contributed by atoms with van der Waals surface area (Å²) in [6, 6.07) is 85.4. The maximum Gasteiger partial charge on any atom is 0.143 e. The van der Waals surface area contributed by atoms with E-state index < -0.39 is 0 Å². The second-order valence-electron chi connectivity index (χ2n) is 16.1. The Morgan fingerprint density at radius 2 is 0.742 bits per heavy atom. The average Bonchev–Trinajstić information content (AvgIpc) is 3.74. The Morgan fingerprint density at radius 3 is 1.39 bits per heavy atom. The van der Waals surface area contributed by atoms with Crippen molar-refractivity contribution in [2.24, 2.45) is 0 Å². The fourth-order valence-corrected chi connectivity index (χ4v) is 9.47. The van der Waals surface area contributed by atoms with E-state index in [-0.39, 0.29) is 0 Å². The van der Waals surface area contributed by atoms with Gasteiger partial charge in [-0.3, -0.25) is 0 Å². The van der Waals surface area contributed by atoms with E-state index in [1.54, 1.807) is 0 Å². The van der Waals surface area contributed by atoms with Crippen LogP contribution in [0, 0.1) is 0 Å². The maximum atomic E-state index is 6.61. The highest BCUT2D eigenvalue weighted by atomic mass is 16.3. The van der Waals surface area contributed by atoms with Crippen molar-refractivity contribution in [3.63, 3.8) is 0 Å². The zero-order valence-electron chi connectivity index (χ0n) is 33.9. The molecule has 12 aromatic rings. The topological polar surface area (TPSA) is 16.4 Å². The summed E-state index contributed by atoms with van der Waals surface area (Å²) < 4.78 is 6.61. The fraction of sp³-hybridized carbons (Fsp3) is 0. The summed E-state index contributed by atoms with van der Waals surface area (Å²) in [5.41, 5.74) is 14.5. The van der Waals surface area contributed by atoms with Crippen LogP contribution in [0.1, 0.15) is 0 Å². The smallest absolute Gasteiger partial charge is 0.143 e. The van der Waals surface area contributed by atoms with E-state index in [0.29, 0.717) is 0 Å². The Labute approximate surface area is 360 Å². The van der Waals surface area contributed by atoms with Gasteiger partial charge in [-0.2, -0.15) is 0 Å². The highest BCUT2D eigenvalue weighted by Gasteiger charge is 2.19. The average molecular weight is 790 g/mol. The zero-order valence-corrected chi connectivity index (χ0v) is 33.9. The van der Waals surface area contributed by atoms with Crippen molar-refractivity contribution in [2.75, 3.05) is 4.90 Å². The number of anilines is 3. The lowest BCUT2D eigenvalue weighted by atomic mass is 9.96. The van der Waals surface area contributed by atoms with Crippen molar-refractivity contribution in [3.8, 4) is 44.5 Å². The molecular weight excluding hydrogens is 751 g/mol. The Balaban J connectivity index is 0.970. The summed E-state index contributed by atoms with van der Waals surface area (Å²) in [5.74, 6) is 0. The van der Waals surface area contributed by atoms with Crippen molar-refractivity contribution in [3.05, 3.63) is 237 Å². The number of hydrogen-bond donors (Lipinski definition) is 0. The van der Waals surface area contributed by atoms with Gasteiger partial charge in [0, 0.05) is 33.2 Å². The quantitative estimate of drug-likeness (QED) is 0.160. The van der Waals surface area contributed by atoms with E-state index in [9.17, 15) is 0 Å². The van der Waals surface area contributed by atoms with E-state index in [1.165, 1.54) is 60.3 Å². The zero-order chi connectivity index (χ0) is 41.0. The molecule has 2 nitrogen and oxygen atoms in total. The molecule has 0 unspecified atom stereocenters. The summed E-state index contributed by atoms with van der Waals surface area (Å²) in [5, 5.41) is 9.55. The number of nitrogens with zero attached hydrogens (tertiary/aromatic N) is 1. The van der Waals surface area contributed by atoms with Crippen LogP contribution in [0.3, 0.4) is 0 Å². The Bertz CT molecular complexity index is 3620. The second-order valence-corrected chi connectivity index (χ2v) is 16.1. The summed E-state index contributed by atoms with van der Waals surface area (Å²) in [7, 11) is 0. The van der Waals surface area contributed by atoms with Crippen molar-refractivity contribution in [2.45, 2.75) is 0 Å². The van der Waals surface area contributed by atoms with Crippen LogP contribution in [0.2, 0.25) is 0 Å². The Kier molecular flexibility index (Phi) is 8.53. The fourth-order valence-electron chi connectivity index (χ4n) is 9.47. The normalized spacial score (nSPS) is 11.5. The van der Waals surface area contributed by atoms with Crippen LogP contribution in [0.4, 0.5) is 17.1 Å². The molecule has 0 aliphatic heterocycles. The van der Waals surface area contributed by atoms with Gasteiger partial charge in [-0.25, -0.2) is 0 Å². The molecule has 0 aliphatic rings. The van der Waals surface area contributed by atoms with Crippen LogP contribution in [0.25, 0.3) is 98.8 Å². The standard InChI is InChI=1S/C60H39NO/c1-4-21-51-42(12-1)15-9-24-53(51)45-30-28-40(29-31-45)41-32-35-48(36-33-41)61(49-19-7-17-46(38-49)54-25-10-16-43-13-2-5-22-52(43)54)50-20-8-18-47(39-50)55-26-11-27-58-59(55)57-37-34-44-14-3-6-23-56(44)60(57)62-58/h1-39H. The van der Waals surface area contributed by atoms with E-state index in [0.717, 1.165) is 55.5 Å². The predicted molar refractivity (Wildman–Crippen MR) is 263 cm³/mol. The molecule has 2 heteroatoms. The van der Waals surface area contributed by atoms with Gasteiger partial charge in [0.2, 0.25) is 0 Å². The lowest BCUT2D eigenvalue weighted by Crippen LogP contribution is -2.10. The Morgan fingerprint density at radius 1 is 0.274 bits per heavy atom. The van der Waals surface area contributed by atoms with Crippen molar-refractivity contribution < 1.29 is 4.42 Å². The van der Waals surface area contributed by atoms with Gasteiger partial charge in [0.15, 0.2) is 0 Å². The molecule has 290 valence electrons. The minimum atomic E-state index is 0.889. The van der Waals surface area contributed by atoms with Crippen molar-refractivity contribution >= 4 is 71.3 Å². The van der Waals surface area contributed by atoms with Crippen LogP contribution >= 0.6 is 0 Å². The molecule has 62 heavy (non-hydrogen) atoms. The molecule has 0 saturated carbocycles. The van der Waals surface area contributed by atoms with Crippen LogP contribution in [0.5, 0.6) is 0 Å². The Hall–Kier alpha value is -8.20. The first-order valence-electron chi connectivity index (χ1n) is 21.2. The first-order valence-corrected chi connectivity index (χ1v) is 21.2. The molecule has 0 N–H and O–H groups in total. The van der Waals surface area contributed by atoms with Crippen molar-refractivity contribution in [1.82, 2.24) is 0 Å². The van der Waals surface area contributed by atoms with E-state index >= 15 is 0 Å². The number of benzene rings is 11. The molecule has 0 aliphatic carbocycles. The lowest BCUT2D eigenvalue weighted by Gasteiger charge is -2.27. The minimum absolute atomic E-state index is 0.889. The second kappa shape index (κ2) is 14.8. The van der Waals surface area contributed by atoms with Gasteiger partial charge < -0.3 is 9.32 Å². The summed E-state index contributed by atoms with van der Waals surface area (Å²) >= 11 is 0. The lowest BCUT2D eigenvalue weighted by molar-refractivity contribution is 0.673. The van der Waals surface area contributed by atoms with Gasteiger partial charge in [0.05, 0.1) is 0 Å². The highest BCUT2D eigenvalue weighted by Crippen LogP contribution is 2.43. The third kappa shape index (κ3) is 6.12. The number of hydrogen-bond acceptors (Lipinski definition) is 2. The number of furan rings is 1. The van der Waals surface area contributed by atoms with Gasteiger partial charge in [-0.05, 0) is 120 Å². The molecule has 0 fully saturated rings. The van der Waals surface area contributed by atoms with E-state index in [2.05, 4.69) is 241 Å². The third-order valence-corrected chi connectivity index (χ3v) is 12.5. The van der Waals surface area contributed by atoms with E-state index in [1.807, 2.05) is 0 Å². The molecule has 1 heterocycles. The molecule has 12 rings (SSSR count). The maximum absolute atomic E-state index is 6.61. The first-order chi connectivity index (χ1) is 30.7. The monoisotopic (exact) mass is 789 g/mol. The van der Waals surface area contributed by atoms with Gasteiger partial charge in [-0.15, -0.1) is 0 Å². The van der Waals surface area contributed by atoms with Gasteiger partial charge in [0.1, 0.15) is 11.2 Å². The molecule has 0 atom stereocenters. The number of fused-ring (bicyclic) bond motifs is 7. The minimum Gasteiger partial charge on any atom is -0.455 e. The van der Waals surface area contributed by atoms with Crippen LogP contribution in [-0.4, -0.2) is 0 Å². The summed E-state index contributed by atoms with van der Waals surface area (Å²) in [4.78, 5) is 2.38. The summed E-state index contributed by atoms with van der Waals surface area (Å²) in [6.45, 7) is 0. The molecule has 0 saturated heterocycles. The molecule has 0 radical (unpaired) electrons. The molecular formula is C60H39NO. The first kappa shape index (κ1) is 35.7. The SMILES string of the molecule is c1cc(-c2cccc3ccccc23)cc(N(c2ccc(-c3ccc(-c4cccc5ccccc45)cc3)cc2)c2cccc(-c3cccc4oc5c6ccccc6ccc5c34)c2)c1. The van der Waals surface area contributed by atoms with E-state index in [4.69, 9.17) is 4.42 Å². The van der Waals surface area contributed by atoms with Gasteiger partial charge >= 0.3 is 0 Å². The molecule has 0 amide bonds. The van der Waals surface area contributed by atoms with Crippen LogP contribution < -0.4 is 4.90 Å².